The highest BCUT2D eigenvalue weighted by Gasteiger charge is 2.38. The second-order valence-electron chi connectivity index (χ2n) is 3.26. The van der Waals surface area contributed by atoms with Crippen molar-refractivity contribution < 1.29 is 8.42 Å². The number of hydrogen-bond acceptors (Lipinski definition) is 3. The van der Waals surface area contributed by atoms with Gasteiger partial charge >= 0.3 is 0 Å². The summed E-state index contributed by atoms with van der Waals surface area (Å²) in [7, 11) is -2.17. The molecule has 1 fully saturated rings. The molecule has 1 aliphatic rings. The lowest BCUT2D eigenvalue weighted by Crippen LogP contribution is -2.19. The van der Waals surface area contributed by atoms with Crippen LogP contribution in [0.4, 0.5) is 0 Å². The van der Waals surface area contributed by atoms with Crippen LogP contribution < -0.4 is 0 Å². The molecule has 0 heterocycles. The molecular formula is C7H11Br3O2S2. The lowest BCUT2D eigenvalue weighted by Gasteiger charge is -2.22. The van der Waals surface area contributed by atoms with Crippen molar-refractivity contribution in [2.24, 2.45) is 0 Å². The maximum atomic E-state index is 11.7. The average molecular weight is 431 g/mol. The second-order valence-corrected chi connectivity index (χ2v) is 15.9. The predicted octanol–water partition coefficient (Wildman–Crippen LogP) is 4.18. The molecule has 0 unspecified atom stereocenters. The van der Waals surface area contributed by atoms with Gasteiger partial charge in [0.2, 0.25) is 10.3 Å². The van der Waals surface area contributed by atoms with Gasteiger partial charge in [-0.2, -0.15) is 0 Å². The van der Waals surface area contributed by atoms with Gasteiger partial charge in [0.25, 0.3) is 0 Å². The molecular weight excluding hydrogens is 420 g/mol. The lowest BCUT2D eigenvalue weighted by atomic mass is 10.0. The fraction of sp³-hybridized carbons (Fsp3) is 1.00. The Morgan fingerprint density at radius 2 is 1.57 bits per heavy atom. The summed E-state index contributed by atoms with van der Waals surface area (Å²) in [5.74, 6) is 0. The number of rotatable bonds is 2. The highest BCUT2D eigenvalue weighted by molar-refractivity contribution is 9.43. The summed E-state index contributed by atoms with van der Waals surface area (Å²) in [6.07, 6.45) is 5.54. The van der Waals surface area contributed by atoms with Crippen LogP contribution in [-0.4, -0.2) is 15.1 Å². The largest absolute Gasteiger partial charge is 0.244 e. The number of halogens is 3. The molecule has 14 heavy (non-hydrogen) atoms. The Morgan fingerprint density at radius 1 is 1.07 bits per heavy atom. The van der Waals surface area contributed by atoms with Crippen molar-refractivity contribution in [3.8, 4) is 0 Å². The summed E-state index contributed by atoms with van der Waals surface area (Å²) in [5, 5.41) is 0.251. The quantitative estimate of drug-likeness (QED) is 0.487. The van der Waals surface area contributed by atoms with Crippen molar-refractivity contribution in [2.75, 3.05) is 0 Å². The van der Waals surface area contributed by atoms with Crippen LogP contribution in [0.1, 0.15) is 32.1 Å². The Bertz CT molecular complexity index is 278. The first kappa shape index (κ1) is 13.8. The third-order valence-electron chi connectivity index (χ3n) is 2.10. The van der Waals surface area contributed by atoms with Gasteiger partial charge in [-0.1, -0.05) is 19.3 Å². The summed E-state index contributed by atoms with van der Waals surface area (Å²) >= 11 is 9.15. The standard InChI is InChI=1S/C7H11Br3O2S2/c8-7(9,10)14(11,12)13-6-4-2-1-3-5-6/h6H,1-5H2. The van der Waals surface area contributed by atoms with Gasteiger partial charge in [-0.3, -0.25) is 0 Å². The van der Waals surface area contributed by atoms with Crippen LogP contribution in [-0.2, 0) is 8.87 Å². The van der Waals surface area contributed by atoms with Gasteiger partial charge in [-0.15, -0.1) is 0 Å². The van der Waals surface area contributed by atoms with Crippen molar-refractivity contribution in [3.63, 3.8) is 0 Å². The van der Waals surface area contributed by atoms with Gasteiger partial charge in [-0.05, 0) is 71.4 Å². The maximum absolute atomic E-state index is 11.7. The van der Waals surface area contributed by atoms with Gasteiger partial charge in [-0.25, -0.2) is 8.42 Å². The minimum absolute atomic E-state index is 0.251. The Hall–Kier alpha value is 1.74. The van der Waals surface area contributed by atoms with Gasteiger partial charge in [0.05, 0.1) is 0 Å². The third-order valence-corrected chi connectivity index (χ3v) is 11.8. The first-order valence-corrected chi connectivity index (χ1v) is 9.58. The summed E-state index contributed by atoms with van der Waals surface area (Å²) in [6.45, 7) is 0. The summed E-state index contributed by atoms with van der Waals surface area (Å²) in [5.41, 5.74) is 0. The molecule has 0 radical (unpaired) electrons. The highest BCUT2D eigenvalue weighted by Crippen LogP contribution is 2.47. The fourth-order valence-electron chi connectivity index (χ4n) is 1.40. The molecule has 0 aromatic carbocycles. The molecule has 0 atom stereocenters. The molecule has 2 nitrogen and oxygen atoms in total. The van der Waals surface area contributed by atoms with Crippen molar-refractivity contribution in [1.29, 1.82) is 0 Å². The summed E-state index contributed by atoms with van der Waals surface area (Å²) < 4.78 is 22.3. The van der Waals surface area contributed by atoms with E-state index >= 15 is 0 Å². The number of hydrogen-bond donors (Lipinski definition) is 0. The topological polar surface area (TPSA) is 34.1 Å². The average Bonchev–Trinajstić information content (AvgIpc) is 2.03. The van der Waals surface area contributed by atoms with Crippen LogP contribution in [0.25, 0.3) is 0 Å². The molecule has 0 saturated heterocycles. The van der Waals surface area contributed by atoms with E-state index < -0.39 is 10.3 Å². The minimum Gasteiger partial charge on any atom is -0.214 e. The molecule has 7 heteroatoms. The van der Waals surface area contributed by atoms with E-state index in [9.17, 15) is 8.42 Å². The monoisotopic (exact) mass is 428 g/mol. The molecule has 0 amide bonds. The normalized spacial score (nSPS) is 21.1. The second kappa shape index (κ2) is 5.38. The van der Waals surface area contributed by atoms with E-state index in [1.807, 2.05) is 0 Å². The molecule has 1 rings (SSSR count). The molecule has 1 aliphatic carbocycles. The zero-order chi connectivity index (χ0) is 10.8. The van der Waals surface area contributed by atoms with E-state index in [1.54, 1.807) is 0 Å². The van der Waals surface area contributed by atoms with Crippen molar-refractivity contribution in [2.45, 2.75) is 38.8 Å². The van der Waals surface area contributed by atoms with Gasteiger partial charge < -0.3 is 0 Å². The van der Waals surface area contributed by atoms with Crippen LogP contribution >= 0.6 is 58.6 Å². The molecule has 0 aromatic heterocycles. The summed E-state index contributed by atoms with van der Waals surface area (Å²) in [6, 6.07) is 0. The highest BCUT2D eigenvalue weighted by atomic mass is 80.0. The SMILES string of the molecule is O=S(=O)(SC1CCCCC1)C(Br)(Br)Br. The van der Waals surface area contributed by atoms with Crippen LogP contribution in [0.5, 0.6) is 0 Å². The molecule has 0 aliphatic heterocycles. The maximum Gasteiger partial charge on any atom is 0.244 e. The fourth-order valence-corrected chi connectivity index (χ4v) is 6.43. The van der Waals surface area contributed by atoms with Crippen molar-refractivity contribution in [3.05, 3.63) is 0 Å². The number of alkyl halides is 3. The first-order chi connectivity index (χ1) is 6.33. The van der Waals surface area contributed by atoms with E-state index in [0.29, 0.717) is 0 Å². The lowest BCUT2D eigenvalue weighted by molar-refractivity contribution is 0.517. The molecule has 1 saturated carbocycles. The molecule has 0 aromatic rings. The van der Waals surface area contributed by atoms with Gasteiger partial charge in [0.15, 0.2) is 0 Å². The van der Waals surface area contributed by atoms with E-state index in [1.165, 1.54) is 6.42 Å². The van der Waals surface area contributed by atoms with Crippen molar-refractivity contribution >= 4 is 67.5 Å². The predicted molar refractivity (Wildman–Crippen MR) is 72.9 cm³/mol. The Labute approximate surface area is 114 Å². The van der Waals surface area contributed by atoms with Gasteiger partial charge in [0.1, 0.15) is 0 Å². The zero-order valence-corrected chi connectivity index (χ0v) is 13.8. The van der Waals surface area contributed by atoms with E-state index in [-0.39, 0.29) is 5.25 Å². The Morgan fingerprint density at radius 3 is 2.00 bits per heavy atom. The molecule has 84 valence electrons. The first-order valence-electron chi connectivity index (χ1n) is 4.32. The smallest absolute Gasteiger partial charge is 0.214 e. The van der Waals surface area contributed by atoms with Crippen LogP contribution in [0.2, 0.25) is 0 Å². The van der Waals surface area contributed by atoms with Crippen LogP contribution in [0.15, 0.2) is 0 Å². The zero-order valence-electron chi connectivity index (χ0n) is 7.38. The summed E-state index contributed by atoms with van der Waals surface area (Å²) in [4.78, 5) is 0. The molecule has 0 bridgehead atoms. The third kappa shape index (κ3) is 3.96. The van der Waals surface area contributed by atoms with Gasteiger partial charge in [0, 0.05) is 5.25 Å². The van der Waals surface area contributed by atoms with Crippen LogP contribution in [0, 0.1) is 0 Å². The van der Waals surface area contributed by atoms with E-state index in [4.69, 9.17) is 0 Å². The Kier molecular flexibility index (Phi) is 5.31. The minimum atomic E-state index is -3.23. The Balaban J connectivity index is 2.58. The molecule has 0 N–H and O–H groups in total. The van der Waals surface area contributed by atoms with E-state index in [0.717, 1.165) is 36.5 Å². The van der Waals surface area contributed by atoms with Crippen LogP contribution in [0.3, 0.4) is 0 Å². The molecule has 0 spiro atoms. The van der Waals surface area contributed by atoms with Crippen molar-refractivity contribution in [1.82, 2.24) is 0 Å². The van der Waals surface area contributed by atoms with E-state index in [2.05, 4.69) is 47.8 Å².